The van der Waals surface area contributed by atoms with E-state index in [1.165, 1.54) is 0 Å². The third kappa shape index (κ3) is 6.80. The Balaban J connectivity index is 1.57. The standard InChI is InChI=1S/C21H22ClN3O3S/c1-2-29(26,27)12-10-16-3-6-19(7-4-16)28-21-13-17(9-11-23-21)5-8-20-24-14-18(22)15-25-20/h3-4,6-7,9,11,13-15H,2,5,8,10,12H2,1H3. The van der Waals surface area contributed by atoms with Crippen molar-refractivity contribution in [1.82, 2.24) is 15.0 Å². The number of nitrogens with zero attached hydrogens (tertiary/aromatic N) is 3. The summed E-state index contributed by atoms with van der Waals surface area (Å²) in [6.45, 7) is 1.66. The topological polar surface area (TPSA) is 82.0 Å². The first-order valence-electron chi connectivity index (χ1n) is 9.32. The molecule has 0 bridgehead atoms. The molecule has 0 amide bonds. The largest absolute Gasteiger partial charge is 0.439 e. The van der Waals surface area contributed by atoms with Gasteiger partial charge in [0.25, 0.3) is 0 Å². The van der Waals surface area contributed by atoms with Crippen LogP contribution in [0.4, 0.5) is 0 Å². The van der Waals surface area contributed by atoms with Gasteiger partial charge in [-0.05, 0) is 42.2 Å². The number of ether oxygens (including phenoxy) is 1. The minimum atomic E-state index is -2.97. The van der Waals surface area contributed by atoms with E-state index < -0.39 is 9.84 Å². The third-order valence-electron chi connectivity index (χ3n) is 4.40. The van der Waals surface area contributed by atoms with E-state index in [1.54, 1.807) is 25.5 Å². The first kappa shape index (κ1) is 21.2. The van der Waals surface area contributed by atoms with Crippen LogP contribution in [-0.4, -0.2) is 34.9 Å². The molecule has 0 saturated carbocycles. The Morgan fingerprint density at radius 1 is 0.931 bits per heavy atom. The summed E-state index contributed by atoms with van der Waals surface area (Å²) in [4.78, 5) is 12.7. The third-order valence-corrected chi connectivity index (χ3v) is 6.30. The fraction of sp³-hybridized carbons (Fsp3) is 0.286. The van der Waals surface area contributed by atoms with Crippen molar-refractivity contribution in [3.63, 3.8) is 0 Å². The highest BCUT2D eigenvalue weighted by Crippen LogP contribution is 2.21. The van der Waals surface area contributed by atoms with Gasteiger partial charge in [-0.2, -0.15) is 0 Å². The quantitative estimate of drug-likeness (QED) is 0.507. The van der Waals surface area contributed by atoms with Crippen molar-refractivity contribution in [2.45, 2.75) is 26.2 Å². The van der Waals surface area contributed by atoms with Crippen molar-refractivity contribution in [3.8, 4) is 11.6 Å². The molecule has 0 fully saturated rings. The van der Waals surface area contributed by atoms with Crippen LogP contribution in [0.5, 0.6) is 11.6 Å². The van der Waals surface area contributed by atoms with E-state index in [4.69, 9.17) is 16.3 Å². The van der Waals surface area contributed by atoms with Crippen molar-refractivity contribution in [3.05, 3.63) is 77.0 Å². The lowest BCUT2D eigenvalue weighted by atomic mass is 10.1. The minimum Gasteiger partial charge on any atom is -0.439 e. The van der Waals surface area contributed by atoms with Crippen molar-refractivity contribution in [2.24, 2.45) is 0 Å². The Hall–Kier alpha value is -2.51. The number of rotatable bonds is 9. The van der Waals surface area contributed by atoms with Gasteiger partial charge in [0.1, 0.15) is 21.4 Å². The molecule has 2 heterocycles. The molecule has 0 aliphatic carbocycles. The van der Waals surface area contributed by atoms with Gasteiger partial charge in [0.05, 0.1) is 10.8 Å². The lowest BCUT2D eigenvalue weighted by Crippen LogP contribution is -2.10. The maximum Gasteiger partial charge on any atom is 0.219 e. The summed E-state index contributed by atoms with van der Waals surface area (Å²) < 4.78 is 29.1. The van der Waals surface area contributed by atoms with Crippen molar-refractivity contribution in [1.29, 1.82) is 0 Å². The van der Waals surface area contributed by atoms with E-state index in [0.29, 0.717) is 29.5 Å². The lowest BCUT2D eigenvalue weighted by molar-refractivity contribution is 0.462. The molecular weight excluding hydrogens is 410 g/mol. The fourth-order valence-electron chi connectivity index (χ4n) is 2.65. The molecule has 2 aromatic heterocycles. The number of hydrogen-bond acceptors (Lipinski definition) is 6. The summed E-state index contributed by atoms with van der Waals surface area (Å²) in [6.07, 6.45) is 6.83. The predicted molar refractivity (Wildman–Crippen MR) is 113 cm³/mol. The molecule has 0 aliphatic heterocycles. The smallest absolute Gasteiger partial charge is 0.219 e. The zero-order valence-corrected chi connectivity index (χ0v) is 17.7. The highest BCUT2D eigenvalue weighted by atomic mass is 35.5. The van der Waals surface area contributed by atoms with Gasteiger partial charge in [-0.15, -0.1) is 0 Å². The zero-order chi connectivity index (χ0) is 20.7. The lowest BCUT2D eigenvalue weighted by Gasteiger charge is -2.08. The minimum absolute atomic E-state index is 0.157. The van der Waals surface area contributed by atoms with E-state index in [0.717, 1.165) is 23.4 Å². The summed E-state index contributed by atoms with van der Waals surface area (Å²) in [5, 5.41) is 0.520. The number of benzene rings is 1. The summed E-state index contributed by atoms with van der Waals surface area (Å²) in [5.74, 6) is 2.21. The molecule has 3 rings (SSSR count). The van der Waals surface area contributed by atoms with Crippen LogP contribution in [0.1, 0.15) is 23.9 Å². The second-order valence-electron chi connectivity index (χ2n) is 6.55. The molecule has 0 atom stereocenters. The van der Waals surface area contributed by atoms with Crippen LogP contribution in [0.3, 0.4) is 0 Å². The van der Waals surface area contributed by atoms with Crippen LogP contribution < -0.4 is 4.74 Å². The molecule has 3 aromatic rings. The van der Waals surface area contributed by atoms with Crippen molar-refractivity contribution in [2.75, 3.05) is 11.5 Å². The molecule has 1 aromatic carbocycles. The first-order valence-corrected chi connectivity index (χ1v) is 11.5. The van der Waals surface area contributed by atoms with Gasteiger partial charge in [-0.25, -0.2) is 23.4 Å². The van der Waals surface area contributed by atoms with E-state index in [1.807, 2.05) is 36.4 Å². The number of hydrogen-bond donors (Lipinski definition) is 0. The predicted octanol–water partition coefficient (Wildman–Crippen LogP) is 4.08. The molecule has 0 N–H and O–H groups in total. The average molecular weight is 432 g/mol. The Labute approximate surface area is 175 Å². The van der Waals surface area contributed by atoms with Gasteiger partial charge in [-0.3, -0.25) is 0 Å². The number of aromatic nitrogens is 3. The molecule has 8 heteroatoms. The maximum absolute atomic E-state index is 11.6. The van der Waals surface area contributed by atoms with Crippen molar-refractivity contribution < 1.29 is 13.2 Å². The second kappa shape index (κ2) is 9.80. The summed E-state index contributed by atoms with van der Waals surface area (Å²) in [7, 11) is -2.97. The van der Waals surface area contributed by atoms with Crippen LogP contribution in [0.15, 0.2) is 55.0 Å². The van der Waals surface area contributed by atoms with Gasteiger partial charge in [-0.1, -0.05) is 30.7 Å². The van der Waals surface area contributed by atoms with Gasteiger partial charge in [0, 0.05) is 36.8 Å². The van der Waals surface area contributed by atoms with Gasteiger partial charge in [0.15, 0.2) is 0 Å². The van der Waals surface area contributed by atoms with Crippen LogP contribution >= 0.6 is 11.6 Å². The molecule has 6 nitrogen and oxygen atoms in total. The Kier molecular flexibility index (Phi) is 7.17. The van der Waals surface area contributed by atoms with Gasteiger partial charge in [0.2, 0.25) is 5.88 Å². The van der Waals surface area contributed by atoms with Gasteiger partial charge >= 0.3 is 0 Å². The first-order chi connectivity index (χ1) is 13.9. The summed E-state index contributed by atoms with van der Waals surface area (Å²) in [5.41, 5.74) is 2.02. The van der Waals surface area contributed by atoms with E-state index in [2.05, 4.69) is 15.0 Å². The fourth-order valence-corrected chi connectivity index (χ4v) is 3.58. The van der Waals surface area contributed by atoms with Crippen LogP contribution in [0.2, 0.25) is 5.02 Å². The van der Waals surface area contributed by atoms with Gasteiger partial charge < -0.3 is 4.74 Å². The van der Waals surface area contributed by atoms with E-state index in [9.17, 15) is 8.42 Å². The molecule has 0 aliphatic rings. The Morgan fingerprint density at radius 3 is 2.34 bits per heavy atom. The number of sulfone groups is 1. The highest BCUT2D eigenvalue weighted by molar-refractivity contribution is 7.91. The SMILES string of the molecule is CCS(=O)(=O)CCc1ccc(Oc2cc(CCc3ncc(Cl)cn3)ccn2)cc1. The normalized spacial score (nSPS) is 11.4. The van der Waals surface area contributed by atoms with Crippen LogP contribution in [0.25, 0.3) is 0 Å². The second-order valence-corrected chi connectivity index (χ2v) is 9.46. The molecule has 152 valence electrons. The highest BCUT2D eigenvalue weighted by Gasteiger charge is 2.08. The molecule has 0 saturated heterocycles. The Morgan fingerprint density at radius 2 is 1.66 bits per heavy atom. The van der Waals surface area contributed by atoms with Crippen molar-refractivity contribution >= 4 is 21.4 Å². The number of halogens is 1. The molecular formula is C21H22ClN3O3S. The maximum atomic E-state index is 11.6. The molecule has 0 spiro atoms. The summed E-state index contributed by atoms with van der Waals surface area (Å²) >= 11 is 5.80. The van der Waals surface area contributed by atoms with Crippen LogP contribution in [0, 0.1) is 0 Å². The number of pyridine rings is 1. The monoisotopic (exact) mass is 431 g/mol. The Bertz CT molecular complexity index is 1040. The number of aryl methyl sites for hydroxylation is 3. The van der Waals surface area contributed by atoms with Crippen LogP contribution in [-0.2, 0) is 29.1 Å². The summed E-state index contributed by atoms with van der Waals surface area (Å²) in [6, 6.07) is 11.2. The zero-order valence-electron chi connectivity index (χ0n) is 16.1. The molecule has 29 heavy (non-hydrogen) atoms. The molecule has 0 radical (unpaired) electrons. The van der Waals surface area contributed by atoms with E-state index in [-0.39, 0.29) is 11.5 Å². The molecule has 0 unspecified atom stereocenters. The van der Waals surface area contributed by atoms with E-state index >= 15 is 0 Å². The average Bonchev–Trinajstić information content (AvgIpc) is 2.73.